The van der Waals surface area contributed by atoms with Gasteiger partial charge in [-0.1, -0.05) is 48.5 Å². The van der Waals surface area contributed by atoms with Crippen LogP contribution in [0.3, 0.4) is 0 Å². The van der Waals surface area contributed by atoms with Crippen LogP contribution in [0.25, 0.3) is 11.1 Å². The van der Waals surface area contributed by atoms with Gasteiger partial charge in [0.05, 0.1) is 0 Å². The molecular weight excluding hydrogens is 446 g/mol. The van der Waals surface area contributed by atoms with E-state index in [-0.39, 0.29) is 43.4 Å². The Balaban J connectivity index is 1.24. The standard InChI is InChI=1S/C27H33N3O5/c1-30(2)15-24(26(32)33)29-25(31)14-17-11-12-18(13-17)28-27(34)35-16-23-21-9-5-3-7-19(21)20-8-4-6-10-22(20)23/h3-10,17-18,23-24H,11-16H2,1-2H3,(H,28,34)(H,29,31)(H,32,33)/t17-,18+,24?/m1/s1. The molecule has 1 saturated carbocycles. The lowest BCUT2D eigenvalue weighted by Gasteiger charge is -2.20. The first-order chi connectivity index (χ1) is 16.8. The van der Waals surface area contributed by atoms with E-state index in [2.05, 4.69) is 34.9 Å². The topological polar surface area (TPSA) is 108 Å². The zero-order valence-electron chi connectivity index (χ0n) is 20.2. The van der Waals surface area contributed by atoms with Gasteiger partial charge in [0.1, 0.15) is 12.6 Å². The number of carbonyl (C=O) groups excluding carboxylic acids is 2. The van der Waals surface area contributed by atoms with E-state index in [0.717, 1.165) is 12.8 Å². The predicted octanol–water partition coefficient (Wildman–Crippen LogP) is 3.21. The van der Waals surface area contributed by atoms with Crippen molar-refractivity contribution < 1.29 is 24.2 Å². The van der Waals surface area contributed by atoms with Crippen LogP contribution in [0.1, 0.15) is 42.7 Å². The van der Waals surface area contributed by atoms with Crippen LogP contribution < -0.4 is 10.6 Å². The maximum atomic E-state index is 12.5. The molecule has 2 aliphatic carbocycles. The Morgan fingerprint density at radius 3 is 2.26 bits per heavy atom. The van der Waals surface area contributed by atoms with Crippen molar-refractivity contribution in [3.8, 4) is 11.1 Å². The minimum Gasteiger partial charge on any atom is -0.480 e. The van der Waals surface area contributed by atoms with Gasteiger partial charge in [-0.3, -0.25) is 4.79 Å². The number of hydrogen-bond donors (Lipinski definition) is 3. The summed E-state index contributed by atoms with van der Waals surface area (Å²) in [6, 6.07) is 15.4. The van der Waals surface area contributed by atoms with E-state index in [1.807, 2.05) is 24.3 Å². The molecule has 3 N–H and O–H groups in total. The maximum Gasteiger partial charge on any atom is 0.407 e. The number of ether oxygens (including phenoxy) is 1. The lowest BCUT2D eigenvalue weighted by molar-refractivity contribution is -0.142. The third-order valence-corrected chi connectivity index (χ3v) is 6.86. The van der Waals surface area contributed by atoms with E-state index in [4.69, 9.17) is 4.74 Å². The Hall–Kier alpha value is -3.39. The second-order valence-electron chi connectivity index (χ2n) is 9.77. The van der Waals surface area contributed by atoms with E-state index in [1.165, 1.54) is 22.3 Å². The zero-order valence-corrected chi connectivity index (χ0v) is 20.2. The number of hydrogen-bond acceptors (Lipinski definition) is 5. The summed E-state index contributed by atoms with van der Waals surface area (Å²) in [5.74, 6) is -1.21. The number of carboxylic acids is 1. The van der Waals surface area contributed by atoms with Gasteiger partial charge in [0.2, 0.25) is 5.91 Å². The van der Waals surface area contributed by atoms with Gasteiger partial charge >= 0.3 is 12.1 Å². The quantitative estimate of drug-likeness (QED) is 0.510. The molecule has 1 fully saturated rings. The molecule has 2 aliphatic rings. The van der Waals surface area contributed by atoms with Gasteiger partial charge in [0, 0.05) is 24.9 Å². The van der Waals surface area contributed by atoms with Gasteiger partial charge in [0.25, 0.3) is 0 Å². The number of nitrogens with zero attached hydrogens (tertiary/aromatic N) is 1. The summed E-state index contributed by atoms with van der Waals surface area (Å²) in [5, 5.41) is 14.9. The Bertz CT molecular complexity index is 1040. The van der Waals surface area contributed by atoms with Crippen molar-refractivity contribution in [2.24, 2.45) is 5.92 Å². The first-order valence-corrected chi connectivity index (χ1v) is 12.1. The number of rotatable bonds is 9. The van der Waals surface area contributed by atoms with E-state index < -0.39 is 18.1 Å². The third-order valence-electron chi connectivity index (χ3n) is 6.86. The molecule has 2 aromatic carbocycles. The summed E-state index contributed by atoms with van der Waals surface area (Å²) in [4.78, 5) is 38.0. The molecule has 2 aromatic rings. The van der Waals surface area contributed by atoms with Gasteiger partial charge in [-0.25, -0.2) is 9.59 Å². The van der Waals surface area contributed by atoms with E-state index in [0.29, 0.717) is 6.42 Å². The minimum absolute atomic E-state index is 0.0116. The zero-order chi connectivity index (χ0) is 24.9. The van der Waals surface area contributed by atoms with Gasteiger partial charge in [-0.15, -0.1) is 0 Å². The van der Waals surface area contributed by atoms with Crippen LogP contribution >= 0.6 is 0 Å². The number of alkyl carbamates (subject to hydrolysis) is 1. The Morgan fingerprint density at radius 2 is 1.66 bits per heavy atom. The highest BCUT2D eigenvalue weighted by Gasteiger charge is 2.31. The second kappa shape index (κ2) is 10.9. The number of benzene rings is 2. The number of amides is 2. The molecule has 4 rings (SSSR count). The van der Waals surface area contributed by atoms with Crippen LogP contribution in [0.15, 0.2) is 48.5 Å². The molecule has 8 heteroatoms. The normalized spacial score (nSPS) is 19.6. The molecule has 0 aliphatic heterocycles. The van der Waals surface area contributed by atoms with Crippen LogP contribution in [0.2, 0.25) is 0 Å². The highest BCUT2D eigenvalue weighted by atomic mass is 16.5. The highest BCUT2D eigenvalue weighted by Crippen LogP contribution is 2.44. The first kappa shape index (κ1) is 24.7. The predicted molar refractivity (Wildman–Crippen MR) is 132 cm³/mol. The number of likely N-dealkylation sites (N-methyl/N-ethyl adjacent to an activating group) is 1. The molecule has 1 unspecified atom stereocenters. The summed E-state index contributed by atoms with van der Waals surface area (Å²) < 4.78 is 5.63. The first-order valence-electron chi connectivity index (χ1n) is 12.1. The Labute approximate surface area is 205 Å². The Morgan fingerprint density at radius 1 is 1.03 bits per heavy atom. The summed E-state index contributed by atoms with van der Waals surface area (Å²) in [6.45, 7) is 0.499. The number of aliphatic carboxylic acids is 1. The summed E-state index contributed by atoms with van der Waals surface area (Å²) in [5.41, 5.74) is 4.71. The molecule has 35 heavy (non-hydrogen) atoms. The van der Waals surface area contributed by atoms with Crippen LogP contribution in [0.4, 0.5) is 4.79 Å². The largest absolute Gasteiger partial charge is 0.480 e. The summed E-state index contributed by atoms with van der Waals surface area (Å²) in [6.07, 6.45) is 2.04. The van der Waals surface area contributed by atoms with Crippen LogP contribution in [0.5, 0.6) is 0 Å². The smallest absolute Gasteiger partial charge is 0.407 e. The molecule has 2 amide bonds. The second-order valence-corrected chi connectivity index (χ2v) is 9.77. The average molecular weight is 480 g/mol. The van der Waals surface area contributed by atoms with Gasteiger partial charge in [0.15, 0.2) is 0 Å². The SMILES string of the molecule is CN(C)CC(NC(=O)C[C@@H]1CC[C@H](NC(=O)OCC2c3ccccc3-c3ccccc32)C1)C(=O)O. The number of fused-ring (bicyclic) bond motifs is 3. The lowest BCUT2D eigenvalue weighted by Crippen LogP contribution is -2.47. The van der Waals surface area contributed by atoms with E-state index in [9.17, 15) is 19.5 Å². The highest BCUT2D eigenvalue weighted by molar-refractivity contribution is 5.84. The maximum absolute atomic E-state index is 12.5. The minimum atomic E-state index is -1.05. The van der Waals surface area contributed by atoms with Crippen molar-refractivity contribution in [2.75, 3.05) is 27.2 Å². The summed E-state index contributed by atoms with van der Waals surface area (Å²) >= 11 is 0. The van der Waals surface area contributed by atoms with Gasteiger partial charge < -0.3 is 25.4 Å². The number of carboxylic acid groups (broad SMARTS) is 1. The van der Waals surface area contributed by atoms with Gasteiger partial charge in [-0.2, -0.15) is 0 Å². The molecule has 186 valence electrons. The van der Waals surface area contributed by atoms with E-state index in [1.54, 1.807) is 19.0 Å². The van der Waals surface area contributed by atoms with Crippen molar-refractivity contribution in [3.63, 3.8) is 0 Å². The van der Waals surface area contributed by atoms with Crippen LogP contribution in [0, 0.1) is 5.92 Å². The number of carbonyl (C=O) groups is 3. The fourth-order valence-electron chi connectivity index (χ4n) is 5.26. The van der Waals surface area contributed by atoms with Crippen molar-refractivity contribution in [2.45, 2.75) is 43.7 Å². The molecule has 0 bridgehead atoms. The molecule has 3 atom stereocenters. The van der Waals surface area contributed by atoms with Crippen molar-refractivity contribution >= 4 is 18.0 Å². The Kier molecular flexibility index (Phi) is 7.70. The fourth-order valence-corrected chi connectivity index (χ4v) is 5.26. The monoisotopic (exact) mass is 479 g/mol. The molecule has 0 heterocycles. The van der Waals surface area contributed by atoms with Gasteiger partial charge in [-0.05, 0) is 61.5 Å². The lowest BCUT2D eigenvalue weighted by atomic mass is 9.98. The molecular formula is C27H33N3O5. The van der Waals surface area contributed by atoms with Crippen molar-refractivity contribution in [1.82, 2.24) is 15.5 Å². The van der Waals surface area contributed by atoms with Crippen molar-refractivity contribution in [1.29, 1.82) is 0 Å². The molecule has 8 nitrogen and oxygen atoms in total. The van der Waals surface area contributed by atoms with Crippen LogP contribution in [-0.4, -0.2) is 67.3 Å². The molecule has 0 spiro atoms. The van der Waals surface area contributed by atoms with E-state index >= 15 is 0 Å². The third kappa shape index (κ3) is 6.00. The molecule has 0 saturated heterocycles. The molecule has 0 aromatic heterocycles. The average Bonchev–Trinajstić information content (AvgIpc) is 3.38. The number of nitrogens with one attached hydrogen (secondary N) is 2. The van der Waals surface area contributed by atoms with Crippen LogP contribution in [-0.2, 0) is 14.3 Å². The molecule has 0 radical (unpaired) electrons. The summed E-state index contributed by atoms with van der Waals surface area (Å²) in [7, 11) is 3.53. The fraction of sp³-hybridized carbons (Fsp3) is 0.444. The van der Waals surface area contributed by atoms with Crippen molar-refractivity contribution in [3.05, 3.63) is 59.7 Å².